The average Bonchev–Trinajstić information content (AvgIpc) is 3.43. The van der Waals surface area contributed by atoms with Crippen LogP contribution in [0.15, 0.2) is 101 Å². The zero-order chi connectivity index (χ0) is 29.8. The van der Waals surface area contributed by atoms with Crippen LogP contribution in [0.5, 0.6) is 0 Å². The van der Waals surface area contributed by atoms with Crippen LogP contribution >= 0.6 is 11.8 Å². The van der Waals surface area contributed by atoms with Crippen LogP contribution in [0.4, 0.5) is 20.3 Å². The minimum absolute atomic E-state index is 0.0868. The van der Waals surface area contributed by atoms with Crippen molar-refractivity contribution in [2.24, 2.45) is 0 Å². The second kappa shape index (κ2) is 12.6. The van der Waals surface area contributed by atoms with Crippen LogP contribution in [0.2, 0.25) is 0 Å². The second-order valence-corrected chi connectivity index (χ2v) is 11.5. The van der Waals surface area contributed by atoms with E-state index in [-0.39, 0.29) is 35.1 Å². The van der Waals surface area contributed by atoms with E-state index >= 15 is 0 Å². The first-order chi connectivity index (χ1) is 20.9. The van der Waals surface area contributed by atoms with Crippen LogP contribution in [0, 0.1) is 11.6 Å². The first kappa shape index (κ1) is 28.4. The molecular formula is C32H28F2N6O2S. The van der Waals surface area contributed by atoms with Crippen LogP contribution in [0.25, 0.3) is 5.65 Å². The molecule has 218 valence electrons. The largest absolute Gasteiger partial charge is 0.349 e. The number of fused-ring (bicyclic) bond motifs is 1. The Hall–Kier alpha value is -4.77. The quantitative estimate of drug-likeness (QED) is 0.192. The van der Waals surface area contributed by atoms with Crippen LogP contribution in [0.1, 0.15) is 46.5 Å². The lowest BCUT2D eigenvalue weighted by atomic mass is 9.91. The van der Waals surface area contributed by atoms with Crippen molar-refractivity contribution in [1.29, 1.82) is 0 Å². The summed E-state index contributed by atoms with van der Waals surface area (Å²) in [4.78, 5) is 36.5. The van der Waals surface area contributed by atoms with E-state index in [4.69, 9.17) is 0 Å². The zero-order valence-corrected chi connectivity index (χ0v) is 23.8. The van der Waals surface area contributed by atoms with E-state index in [0.29, 0.717) is 31.3 Å². The van der Waals surface area contributed by atoms with Gasteiger partial charge in [-0.05, 0) is 74.2 Å². The molecule has 3 heterocycles. The second-order valence-electron chi connectivity index (χ2n) is 10.4. The van der Waals surface area contributed by atoms with Crippen LogP contribution in [-0.2, 0) is 0 Å². The average molecular weight is 599 g/mol. The van der Waals surface area contributed by atoms with E-state index in [0.717, 1.165) is 21.7 Å². The summed E-state index contributed by atoms with van der Waals surface area (Å²) in [5.41, 5.74) is 1.53. The molecule has 5 aromatic rings. The highest BCUT2D eigenvalue weighted by Gasteiger charge is 2.26. The van der Waals surface area contributed by atoms with Gasteiger partial charge in [-0.3, -0.25) is 9.59 Å². The number of pyridine rings is 2. The summed E-state index contributed by atoms with van der Waals surface area (Å²) in [6.07, 6.45) is 6.42. The molecule has 11 heteroatoms. The summed E-state index contributed by atoms with van der Waals surface area (Å²) in [5.74, 6) is -1.52. The maximum atomic E-state index is 14.2. The van der Waals surface area contributed by atoms with Crippen molar-refractivity contribution in [3.05, 3.63) is 114 Å². The molecule has 2 amide bonds. The van der Waals surface area contributed by atoms with Crippen molar-refractivity contribution >= 4 is 40.7 Å². The van der Waals surface area contributed by atoms with Crippen LogP contribution in [0.3, 0.4) is 0 Å². The molecule has 1 aliphatic rings. The highest BCUT2D eigenvalue weighted by molar-refractivity contribution is 7.99. The standard InChI is InChI=1S/C32H28F2N6O2S/c33-20-9-14-29-39-28(19-40(29)18-20)32(42)38-23-12-10-22(11-13-23)37-31(41)27-15-21(34)17-35-30(27)36-24-5-4-8-26(16-24)43-25-6-2-1-3-7-25/h1-9,14-19,22-23H,10-13H2,(H,35,36)(H,37,41)(H,38,42). The third-order valence-corrected chi connectivity index (χ3v) is 8.22. The number of hydrogen-bond donors (Lipinski definition) is 3. The maximum Gasteiger partial charge on any atom is 0.271 e. The Bertz CT molecular complexity index is 1770. The molecule has 6 rings (SSSR count). The number of imidazole rings is 1. The number of rotatable bonds is 8. The number of carbonyl (C=O) groups excluding carboxylic acids is 2. The first-order valence-electron chi connectivity index (χ1n) is 13.9. The van der Waals surface area contributed by atoms with Crippen molar-refractivity contribution in [3.63, 3.8) is 0 Å². The molecule has 1 saturated carbocycles. The number of benzene rings is 2. The minimum Gasteiger partial charge on any atom is -0.349 e. The van der Waals surface area contributed by atoms with Crippen molar-refractivity contribution in [2.75, 3.05) is 5.32 Å². The van der Waals surface area contributed by atoms with Gasteiger partial charge in [-0.15, -0.1) is 0 Å². The molecule has 0 saturated heterocycles. The molecule has 0 aliphatic heterocycles. The topological polar surface area (TPSA) is 100 Å². The fraction of sp³-hybridized carbons (Fsp3) is 0.188. The molecule has 0 atom stereocenters. The molecule has 1 aliphatic carbocycles. The van der Waals surface area contributed by atoms with Crippen molar-refractivity contribution in [3.8, 4) is 0 Å². The summed E-state index contributed by atoms with van der Waals surface area (Å²) < 4.78 is 29.1. The molecule has 0 bridgehead atoms. The van der Waals surface area contributed by atoms with Gasteiger partial charge in [0.2, 0.25) is 0 Å². The van der Waals surface area contributed by atoms with Crippen LogP contribution in [-0.4, -0.2) is 38.3 Å². The van der Waals surface area contributed by atoms with Gasteiger partial charge in [0.25, 0.3) is 11.8 Å². The minimum atomic E-state index is -0.606. The smallest absolute Gasteiger partial charge is 0.271 e. The highest BCUT2D eigenvalue weighted by Crippen LogP contribution is 2.30. The summed E-state index contributed by atoms with van der Waals surface area (Å²) in [7, 11) is 0. The van der Waals surface area contributed by atoms with E-state index in [1.807, 2.05) is 54.6 Å². The van der Waals surface area contributed by atoms with Gasteiger partial charge in [0, 0.05) is 40.0 Å². The summed E-state index contributed by atoms with van der Waals surface area (Å²) in [5, 5.41) is 9.17. The molecular weight excluding hydrogens is 570 g/mol. The predicted octanol–water partition coefficient (Wildman–Crippen LogP) is 6.37. The summed E-state index contributed by atoms with van der Waals surface area (Å²) in [6, 6.07) is 21.5. The van der Waals surface area contributed by atoms with E-state index in [2.05, 4.69) is 25.9 Å². The number of hydrogen-bond acceptors (Lipinski definition) is 6. The van der Waals surface area contributed by atoms with Gasteiger partial charge in [-0.1, -0.05) is 36.0 Å². The Morgan fingerprint density at radius 2 is 1.51 bits per heavy atom. The number of carbonyl (C=O) groups is 2. The number of amides is 2. The number of halogens is 2. The molecule has 43 heavy (non-hydrogen) atoms. The molecule has 3 N–H and O–H groups in total. The molecule has 3 aromatic heterocycles. The number of anilines is 2. The zero-order valence-electron chi connectivity index (χ0n) is 23.0. The molecule has 8 nitrogen and oxygen atoms in total. The fourth-order valence-corrected chi connectivity index (χ4v) is 5.99. The predicted molar refractivity (Wildman–Crippen MR) is 161 cm³/mol. The number of nitrogens with zero attached hydrogens (tertiary/aromatic N) is 3. The van der Waals surface area contributed by atoms with Gasteiger partial charge in [-0.25, -0.2) is 18.7 Å². The lowest BCUT2D eigenvalue weighted by Gasteiger charge is -2.29. The van der Waals surface area contributed by atoms with Crippen molar-refractivity contribution in [2.45, 2.75) is 47.6 Å². The van der Waals surface area contributed by atoms with E-state index in [1.54, 1.807) is 11.8 Å². The summed E-state index contributed by atoms with van der Waals surface area (Å²) in [6.45, 7) is 0. The molecule has 2 aromatic carbocycles. The third kappa shape index (κ3) is 7.00. The van der Waals surface area contributed by atoms with Gasteiger partial charge in [-0.2, -0.15) is 0 Å². The Morgan fingerprint density at radius 1 is 0.791 bits per heavy atom. The van der Waals surface area contributed by atoms with E-state index < -0.39 is 17.5 Å². The van der Waals surface area contributed by atoms with Crippen LogP contribution < -0.4 is 16.0 Å². The van der Waals surface area contributed by atoms with Gasteiger partial charge < -0.3 is 20.4 Å². The van der Waals surface area contributed by atoms with Gasteiger partial charge in [0.1, 0.15) is 28.8 Å². The highest BCUT2D eigenvalue weighted by atomic mass is 32.2. The van der Waals surface area contributed by atoms with Gasteiger partial charge in [0.15, 0.2) is 0 Å². The van der Waals surface area contributed by atoms with Gasteiger partial charge >= 0.3 is 0 Å². The Labute approximate surface area is 251 Å². The lowest BCUT2D eigenvalue weighted by Crippen LogP contribution is -2.44. The normalized spacial score (nSPS) is 16.5. The monoisotopic (exact) mass is 598 g/mol. The van der Waals surface area contributed by atoms with Gasteiger partial charge in [0.05, 0.1) is 11.8 Å². The number of nitrogens with one attached hydrogen (secondary N) is 3. The molecule has 0 radical (unpaired) electrons. The van der Waals surface area contributed by atoms with Crippen molar-refractivity contribution < 1.29 is 18.4 Å². The molecule has 0 unspecified atom stereocenters. The van der Waals surface area contributed by atoms with Crippen molar-refractivity contribution in [1.82, 2.24) is 25.0 Å². The Balaban J connectivity index is 1.06. The maximum absolute atomic E-state index is 14.2. The Morgan fingerprint density at radius 3 is 2.28 bits per heavy atom. The van der Waals surface area contributed by atoms with E-state index in [9.17, 15) is 18.4 Å². The van der Waals surface area contributed by atoms with E-state index in [1.165, 1.54) is 35.0 Å². The lowest BCUT2D eigenvalue weighted by molar-refractivity contribution is 0.0889. The summed E-state index contributed by atoms with van der Waals surface area (Å²) >= 11 is 1.61. The Kier molecular flexibility index (Phi) is 8.32. The number of aromatic nitrogens is 3. The molecule has 1 fully saturated rings. The first-order valence-corrected chi connectivity index (χ1v) is 14.7. The SMILES string of the molecule is O=C(NC1CCC(NC(=O)c2cc(F)cnc2Nc2cccc(Sc3ccccc3)c2)CC1)c1cn2cc(F)ccc2n1. The molecule has 0 spiro atoms. The fourth-order valence-electron chi connectivity index (χ4n) is 5.09. The third-order valence-electron chi connectivity index (χ3n) is 7.22.